The van der Waals surface area contributed by atoms with E-state index in [1.165, 1.54) is 0 Å². The Labute approximate surface area is 141 Å². The molecular weight excluding hydrogens is 461 g/mol. The fourth-order valence-corrected chi connectivity index (χ4v) is 4.18. The second-order valence-corrected chi connectivity index (χ2v) is 6.87. The zero-order valence-corrected chi connectivity index (χ0v) is 15.1. The summed E-state index contributed by atoms with van der Waals surface area (Å²) in [6.45, 7) is 0.350. The second kappa shape index (κ2) is 6.48. The van der Waals surface area contributed by atoms with Gasteiger partial charge in [0.25, 0.3) is 0 Å². The van der Waals surface area contributed by atoms with E-state index < -0.39 is 0 Å². The van der Waals surface area contributed by atoms with Crippen LogP contribution in [0.25, 0.3) is 0 Å². The molecule has 0 fully saturated rings. The van der Waals surface area contributed by atoms with Crippen LogP contribution in [0.4, 0.5) is 5.69 Å². The van der Waals surface area contributed by atoms with Crippen molar-refractivity contribution < 1.29 is 4.74 Å². The lowest BCUT2D eigenvalue weighted by atomic mass is 10.2. The highest BCUT2D eigenvalue weighted by Gasteiger charge is 2.10. The summed E-state index contributed by atoms with van der Waals surface area (Å²) in [5.74, 6) is 0.724. The minimum Gasteiger partial charge on any atom is -0.486 e. The maximum absolute atomic E-state index is 6.10. The molecule has 100 valence electrons. The van der Waals surface area contributed by atoms with Crippen molar-refractivity contribution in [2.75, 3.05) is 5.73 Å². The number of halogens is 4. The van der Waals surface area contributed by atoms with Crippen LogP contribution in [0.2, 0.25) is 5.02 Å². The molecule has 0 saturated carbocycles. The first-order chi connectivity index (χ1) is 8.97. The molecule has 0 aliphatic heterocycles. The minimum absolute atomic E-state index is 0.350. The number of rotatable bonds is 3. The summed E-state index contributed by atoms with van der Waals surface area (Å²) in [4.78, 5) is 0. The summed E-state index contributed by atoms with van der Waals surface area (Å²) in [6.07, 6.45) is 0. The summed E-state index contributed by atoms with van der Waals surface area (Å²) in [5.41, 5.74) is 7.25. The van der Waals surface area contributed by atoms with Gasteiger partial charge in [-0.2, -0.15) is 0 Å². The van der Waals surface area contributed by atoms with Crippen molar-refractivity contribution in [3.63, 3.8) is 0 Å². The van der Waals surface area contributed by atoms with Gasteiger partial charge in [0.2, 0.25) is 0 Å². The smallest absolute Gasteiger partial charge is 0.148 e. The molecule has 0 unspecified atom stereocenters. The van der Waals surface area contributed by atoms with Gasteiger partial charge < -0.3 is 10.5 Å². The molecule has 19 heavy (non-hydrogen) atoms. The van der Waals surface area contributed by atoms with Gasteiger partial charge in [-0.25, -0.2) is 0 Å². The maximum Gasteiger partial charge on any atom is 0.148 e. The summed E-state index contributed by atoms with van der Waals surface area (Å²) in [5, 5.41) is 0.638. The van der Waals surface area contributed by atoms with Crippen molar-refractivity contribution in [1.29, 1.82) is 0 Å². The number of anilines is 1. The van der Waals surface area contributed by atoms with Gasteiger partial charge in [-0.3, -0.25) is 0 Å². The predicted molar refractivity (Wildman–Crippen MR) is 89.7 cm³/mol. The summed E-state index contributed by atoms with van der Waals surface area (Å²) < 4.78 is 8.46. The van der Waals surface area contributed by atoms with Crippen LogP contribution in [0.1, 0.15) is 5.56 Å². The third-order valence-corrected chi connectivity index (χ3v) is 4.41. The first kappa shape index (κ1) is 15.2. The molecule has 0 radical (unpaired) electrons. The maximum atomic E-state index is 6.10. The van der Waals surface area contributed by atoms with E-state index in [0.29, 0.717) is 17.3 Å². The van der Waals surface area contributed by atoms with Crippen molar-refractivity contribution in [1.82, 2.24) is 0 Å². The van der Waals surface area contributed by atoms with Crippen LogP contribution >= 0.6 is 59.4 Å². The average Bonchev–Trinajstić information content (AvgIpc) is 2.32. The first-order valence-electron chi connectivity index (χ1n) is 5.28. The standard InChI is InChI=1S/C13H9Br3ClNO/c14-8-4-10(15)13(11(16)5-8)19-6-7-3-9(18)1-2-12(7)17/h1-5H,6,18H2. The molecule has 0 heterocycles. The zero-order valence-electron chi connectivity index (χ0n) is 9.59. The molecule has 2 N–H and O–H groups in total. The van der Waals surface area contributed by atoms with Gasteiger partial charge >= 0.3 is 0 Å². The Kier molecular flexibility index (Phi) is 5.17. The summed E-state index contributed by atoms with van der Waals surface area (Å²) in [7, 11) is 0. The Bertz CT molecular complexity index is 596. The van der Waals surface area contributed by atoms with Gasteiger partial charge in [0.05, 0.1) is 8.95 Å². The number of nitrogen functional groups attached to an aromatic ring is 1. The highest BCUT2D eigenvalue weighted by molar-refractivity contribution is 9.11. The van der Waals surface area contributed by atoms with Gasteiger partial charge in [0.1, 0.15) is 12.4 Å². The van der Waals surface area contributed by atoms with Crippen LogP contribution in [0.15, 0.2) is 43.7 Å². The average molecular weight is 470 g/mol. The largest absolute Gasteiger partial charge is 0.486 e. The van der Waals surface area contributed by atoms with Crippen molar-refractivity contribution in [3.05, 3.63) is 54.3 Å². The van der Waals surface area contributed by atoms with Crippen LogP contribution in [0.5, 0.6) is 5.75 Å². The fourth-order valence-electron chi connectivity index (χ4n) is 1.52. The van der Waals surface area contributed by atoms with Gasteiger partial charge in [0, 0.05) is 20.7 Å². The van der Waals surface area contributed by atoms with E-state index in [1.54, 1.807) is 12.1 Å². The highest BCUT2D eigenvalue weighted by atomic mass is 79.9. The van der Waals surface area contributed by atoms with Crippen LogP contribution in [-0.2, 0) is 6.61 Å². The molecular formula is C13H9Br3ClNO. The van der Waals surface area contributed by atoms with Gasteiger partial charge in [-0.05, 0) is 62.2 Å². The Morgan fingerprint density at radius 1 is 1.05 bits per heavy atom. The van der Waals surface area contributed by atoms with Crippen molar-refractivity contribution >= 4 is 65.1 Å². The number of hydrogen-bond donors (Lipinski definition) is 1. The van der Waals surface area contributed by atoms with Crippen LogP contribution in [0, 0.1) is 0 Å². The van der Waals surface area contributed by atoms with E-state index in [4.69, 9.17) is 22.1 Å². The minimum atomic E-state index is 0.350. The van der Waals surface area contributed by atoms with E-state index in [0.717, 1.165) is 24.7 Å². The van der Waals surface area contributed by atoms with Gasteiger partial charge in [0.15, 0.2) is 0 Å². The quantitative estimate of drug-likeness (QED) is 0.577. The third-order valence-electron chi connectivity index (χ3n) is 2.40. The van der Waals surface area contributed by atoms with Crippen LogP contribution < -0.4 is 10.5 Å². The molecule has 2 nitrogen and oxygen atoms in total. The Morgan fingerprint density at radius 3 is 2.32 bits per heavy atom. The molecule has 0 aliphatic rings. The number of nitrogens with two attached hydrogens (primary N) is 1. The molecule has 0 spiro atoms. The number of benzene rings is 2. The Balaban J connectivity index is 2.21. The molecule has 6 heteroatoms. The van der Waals surface area contributed by atoms with E-state index >= 15 is 0 Å². The van der Waals surface area contributed by atoms with Gasteiger partial charge in [-0.1, -0.05) is 27.5 Å². The summed E-state index contributed by atoms with van der Waals surface area (Å²) in [6, 6.07) is 9.17. The topological polar surface area (TPSA) is 35.2 Å². The van der Waals surface area contributed by atoms with Crippen LogP contribution in [-0.4, -0.2) is 0 Å². The zero-order chi connectivity index (χ0) is 14.0. The molecule has 0 bridgehead atoms. The van der Waals surface area contributed by atoms with Crippen LogP contribution in [0.3, 0.4) is 0 Å². The molecule has 0 aliphatic carbocycles. The Morgan fingerprint density at radius 2 is 1.68 bits per heavy atom. The fraction of sp³-hybridized carbons (Fsp3) is 0.0769. The number of ether oxygens (including phenoxy) is 1. The normalized spacial score (nSPS) is 10.5. The van der Waals surface area contributed by atoms with Gasteiger partial charge in [-0.15, -0.1) is 0 Å². The molecule has 2 rings (SSSR count). The molecule has 0 saturated heterocycles. The molecule has 0 aromatic heterocycles. The van der Waals surface area contributed by atoms with E-state index in [2.05, 4.69) is 47.8 Å². The predicted octanol–water partition coefficient (Wildman–Crippen LogP) is 5.79. The lowest BCUT2D eigenvalue weighted by molar-refractivity contribution is 0.302. The SMILES string of the molecule is Nc1ccc(Cl)c(COc2c(Br)cc(Br)cc2Br)c1. The lowest BCUT2D eigenvalue weighted by Crippen LogP contribution is -1.99. The lowest BCUT2D eigenvalue weighted by Gasteiger charge is -2.12. The number of hydrogen-bond acceptors (Lipinski definition) is 2. The third kappa shape index (κ3) is 3.88. The van der Waals surface area contributed by atoms with Crippen molar-refractivity contribution in [3.8, 4) is 5.75 Å². The monoisotopic (exact) mass is 467 g/mol. The van der Waals surface area contributed by atoms with Crippen molar-refractivity contribution in [2.45, 2.75) is 6.61 Å². The van der Waals surface area contributed by atoms with E-state index in [9.17, 15) is 0 Å². The van der Waals surface area contributed by atoms with E-state index in [-0.39, 0.29) is 0 Å². The highest BCUT2D eigenvalue weighted by Crippen LogP contribution is 2.37. The van der Waals surface area contributed by atoms with E-state index in [1.807, 2.05) is 18.2 Å². The molecule has 2 aromatic carbocycles. The molecule has 2 aromatic rings. The first-order valence-corrected chi connectivity index (χ1v) is 8.04. The summed E-state index contributed by atoms with van der Waals surface area (Å²) >= 11 is 16.4. The van der Waals surface area contributed by atoms with Crippen molar-refractivity contribution in [2.24, 2.45) is 0 Å². The molecule has 0 amide bonds. The second-order valence-electron chi connectivity index (χ2n) is 3.84. The Hall–Kier alpha value is -0.230. The molecule has 0 atom stereocenters.